The Morgan fingerprint density at radius 2 is 1.93 bits per heavy atom. The molecule has 1 aromatic carbocycles. The summed E-state index contributed by atoms with van der Waals surface area (Å²) in [4.78, 5) is 27.1. The number of hydrogen-bond acceptors (Lipinski definition) is 7. The number of azide groups is 1. The SMILES string of the molecule is COC(=O)C(Cc1ccc(OC[C@@H](O)CO)cc1)NC(=O)[C@@H](N=[N+]=[N-])C(C)C. The van der Waals surface area contributed by atoms with Gasteiger partial charge in [-0.05, 0) is 29.1 Å². The second-order valence-corrected chi connectivity index (χ2v) is 6.47. The average Bonchev–Trinajstić information content (AvgIpc) is 2.69. The van der Waals surface area contributed by atoms with Gasteiger partial charge in [-0.2, -0.15) is 0 Å². The van der Waals surface area contributed by atoms with Crippen LogP contribution >= 0.6 is 0 Å². The number of methoxy groups -OCH3 is 1. The third-order valence-electron chi connectivity index (χ3n) is 3.89. The maximum atomic E-state index is 12.4. The van der Waals surface area contributed by atoms with Gasteiger partial charge in [0.05, 0.1) is 13.7 Å². The highest BCUT2D eigenvalue weighted by Gasteiger charge is 2.27. The predicted molar refractivity (Wildman–Crippen MR) is 100 cm³/mol. The largest absolute Gasteiger partial charge is 0.491 e. The molecule has 3 N–H and O–H groups in total. The van der Waals surface area contributed by atoms with Crippen molar-refractivity contribution in [3.05, 3.63) is 40.3 Å². The van der Waals surface area contributed by atoms with Crippen molar-refractivity contribution in [2.45, 2.75) is 38.5 Å². The highest BCUT2D eigenvalue weighted by atomic mass is 16.5. The lowest BCUT2D eigenvalue weighted by molar-refractivity contribution is -0.145. The van der Waals surface area contributed by atoms with Crippen LogP contribution in [0.15, 0.2) is 29.4 Å². The number of benzene rings is 1. The van der Waals surface area contributed by atoms with E-state index in [0.717, 1.165) is 5.56 Å². The van der Waals surface area contributed by atoms with Crippen LogP contribution in [0.4, 0.5) is 0 Å². The van der Waals surface area contributed by atoms with Gasteiger partial charge in [-0.15, -0.1) is 0 Å². The summed E-state index contributed by atoms with van der Waals surface area (Å²) < 4.78 is 10.1. The van der Waals surface area contributed by atoms with Gasteiger partial charge >= 0.3 is 5.97 Å². The third kappa shape index (κ3) is 7.43. The standard InChI is InChI=1S/C18H26N4O6/c1-11(2)16(21-22-19)17(25)20-15(18(26)27-3)8-12-4-6-14(7-5-12)28-10-13(24)9-23/h4-7,11,13,15-16,23-24H,8-10H2,1-3H3,(H,20,25)/t13-,15?,16-/m0/s1. The first-order valence-electron chi connectivity index (χ1n) is 8.75. The van der Waals surface area contributed by atoms with Crippen LogP contribution in [0.5, 0.6) is 5.75 Å². The maximum Gasteiger partial charge on any atom is 0.328 e. The molecule has 0 saturated heterocycles. The van der Waals surface area contributed by atoms with Crippen molar-refractivity contribution in [3.8, 4) is 5.75 Å². The number of aliphatic hydroxyl groups is 2. The lowest BCUT2D eigenvalue weighted by Crippen LogP contribution is -2.47. The van der Waals surface area contributed by atoms with E-state index >= 15 is 0 Å². The van der Waals surface area contributed by atoms with E-state index in [-0.39, 0.29) is 18.9 Å². The number of aliphatic hydroxyl groups excluding tert-OH is 2. The van der Waals surface area contributed by atoms with E-state index in [1.165, 1.54) is 7.11 Å². The number of carbonyl (C=O) groups excluding carboxylic acids is 2. The number of carbonyl (C=O) groups is 2. The summed E-state index contributed by atoms with van der Waals surface area (Å²) in [6.07, 6.45) is -0.803. The number of rotatable bonds is 11. The van der Waals surface area contributed by atoms with Crippen LogP contribution < -0.4 is 10.1 Å². The van der Waals surface area contributed by atoms with Crippen molar-refractivity contribution in [2.75, 3.05) is 20.3 Å². The van der Waals surface area contributed by atoms with Crippen molar-refractivity contribution < 1.29 is 29.3 Å². The fourth-order valence-electron chi connectivity index (χ4n) is 2.34. The van der Waals surface area contributed by atoms with Crippen molar-refractivity contribution in [3.63, 3.8) is 0 Å². The van der Waals surface area contributed by atoms with Gasteiger partial charge in [0, 0.05) is 11.3 Å². The Labute approximate surface area is 163 Å². The highest BCUT2D eigenvalue weighted by molar-refractivity contribution is 5.88. The van der Waals surface area contributed by atoms with Crippen LogP contribution in [0.25, 0.3) is 10.4 Å². The molecular weight excluding hydrogens is 368 g/mol. The van der Waals surface area contributed by atoms with Gasteiger partial charge in [-0.1, -0.05) is 31.1 Å². The molecule has 1 amide bonds. The van der Waals surface area contributed by atoms with Crippen LogP contribution in [0.3, 0.4) is 0 Å². The van der Waals surface area contributed by atoms with E-state index in [2.05, 4.69) is 15.3 Å². The smallest absolute Gasteiger partial charge is 0.328 e. The molecular formula is C18H26N4O6. The molecule has 0 radical (unpaired) electrons. The number of nitrogens with zero attached hydrogens (tertiary/aromatic N) is 3. The summed E-state index contributed by atoms with van der Waals surface area (Å²) in [5, 5.41) is 24.1. The fourth-order valence-corrected chi connectivity index (χ4v) is 2.34. The number of hydrogen-bond donors (Lipinski definition) is 3. The Bertz CT molecular complexity index is 688. The Morgan fingerprint density at radius 1 is 1.29 bits per heavy atom. The zero-order valence-electron chi connectivity index (χ0n) is 16.1. The predicted octanol–water partition coefficient (Wildman–Crippen LogP) is 0.954. The van der Waals surface area contributed by atoms with E-state index in [9.17, 15) is 14.7 Å². The summed E-state index contributed by atoms with van der Waals surface area (Å²) in [5.41, 5.74) is 9.36. The van der Waals surface area contributed by atoms with Gasteiger partial charge in [-0.3, -0.25) is 4.79 Å². The topological polar surface area (TPSA) is 154 Å². The summed E-state index contributed by atoms with van der Waals surface area (Å²) in [5.74, 6) is -0.928. The molecule has 1 rings (SSSR count). The summed E-state index contributed by atoms with van der Waals surface area (Å²) in [7, 11) is 1.22. The minimum atomic E-state index is -0.969. The Morgan fingerprint density at radius 3 is 2.43 bits per heavy atom. The van der Waals surface area contributed by atoms with E-state index in [0.29, 0.717) is 5.75 Å². The lowest BCUT2D eigenvalue weighted by atomic mass is 10.0. The lowest BCUT2D eigenvalue weighted by Gasteiger charge is -2.21. The molecule has 0 bridgehead atoms. The fraction of sp³-hybridized carbons (Fsp3) is 0.556. The molecule has 0 fully saturated rings. The van der Waals surface area contributed by atoms with Crippen molar-refractivity contribution in [2.24, 2.45) is 11.0 Å². The van der Waals surface area contributed by atoms with E-state index in [1.807, 2.05) is 0 Å². The average molecular weight is 394 g/mol. The molecule has 0 spiro atoms. The van der Waals surface area contributed by atoms with Crippen molar-refractivity contribution >= 4 is 11.9 Å². The molecule has 0 heterocycles. The number of nitrogens with one attached hydrogen (secondary N) is 1. The minimum Gasteiger partial charge on any atom is -0.491 e. The molecule has 3 atom stereocenters. The first-order valence-corrected chi connectivity index (χ1v) is 8.75. The molecule has 1 unspecified atom stereocenters. The minimum absolute atomic E-state index is 0.0489. The second-order valence-electron chi connectivity index (χ2n) is 6.47. The number of ether oxygens (including phenoxy) is 2. The second kappa shape index (κ2) is 11.8. The normalized spacial score (nSPS) is 13.8. The Kier molecular flexibility index (Phi) is 9.80. The van der Waals surface area contributed by atoms with Crippen LogP contribution in [-0.2, 0) is 20.7 Å². The molecule has 10 nitrogen and oxygen atoms in total. The summed E-state index contributed by atoms with van der Waals surface area (Å²) in [6.45, 7) is 3.02. The first kappa shape index (κ1) is 23.2. The monoisotopic (exact) mass is 394 g/mol. The van der Waals surface area contributed by atoms with Gasteiger partial charge in [0.1, 0.15) is 30.5 Å². The molecule has 0 aliphatic heterocycles. The van der Waals surface area contributed by atoms with Crippen LogP contribution in [0.2, 0.25) is 0 Å². The van der Waals surface area contributed by atoms with Gasteiger partial charge in [-0.25, -0.2) is 4.79 Å². The molecule has 10 heteroatoms. The molecule has 0 aliphatic carbocycles. The van der Waals surface area contributed by atoms with Crippen LogP contribution in [-0.4, -0.2) is 60.6 Å². The molecule has 0 saturated carbocycles. The summed E-state index contributed by atoms with van der Waals surface area (Å²) >= 11 is 0. The van der Waals surface area contributed by atoms with Gasteiger partial charge in [0.2, 0.25) is 5.91 Å². The zero-order chi connectivity index (χ0) is 21.1. The highest BCUT2D eigenvalue weighted by Crippen LogP contribution is 2.15. The van der Waals surface area contributed by atoms with E-state index < -0.39 is 36.7 Å². The van der Waals surface area contributed by atoms with Gasteiger partial charge < -0.3 is 25.0 Å². The molecule has 1 aromatic rings. The first-order chi connectivity index (χ1) is 13.3. The quantitative estimate of drug-likeness (QED) is 0.220. The van der Waals surface area contributed by atoms with E-state index in [1.54, 1.807) is 38.1 Å². The number of esters is 1. The van der Waals surface area contributed by atoms with Gasteiger partial charge in [0.25, 0.3) is 0 Å². The Hall–Kier alpha value is -2.81. The molecule has 28 heavy (non-hydrogen) atoms. The maximum absolute atomic E-state index is 12.4. The molecule has 0 aliphatic rings. The third-order valence-corrected chi connectivity index (χ3v) is 3.89. The van der Waals surface area contributed by atoms with Crippen LogP contribution in [0.1, 0.15) is 19.4 Å². The Balaban J connectivity index is 2.82. The van der Waals surface area contributed by atoms with Gasteiger partial charge in [0.15, 0.2) is 0 Å². The van der Waals surface area contributed by atoms with E-state index in [4.69, 9.17) is 20.1 Å². The van der Waals surface area contributed by atoms with Crippen LogP contribution in [0, 0.1) is 5.92 Å². The number of amides is 1. The molecule has 0 aromatic heterocycles. The summed E-state index contributed by atoms with van der Waals surface area (Å²) in [6, 6.07) is 4.81. The zero-order valence-corrected chi connectivity index (χ0v) is 16.1. The molecule has 154 valence electrons. The van der Waals surface area contributed by atoms with Crippen molar-refractivity contribution in [1.29, 1.82) is 0 Å². The van der Waals surface area contributed by atoms with Crippen molar-refractivity contribution in [1.82, 2.24) is 5.32 Å².